The molecule has 2 aromatic rings. The van der Waals surface area contributed by atoms with E-state index in [9.17, 15) is 4.79 Å². The number of anilines is 1. The molecule has 0 aliphatic rings. The number of hydrogen-bond acceptors (Lipinski definition) is 3. The maximum absolute atomic E-state index is 11.9. The van der Waals surface area contributed by atoms with E-state index in [0.717, 1.165) is 11.3 Å². The average molecular weight is 376 g/mol. The number of amides is 1. The maximum atomic E-state index is 11.9. The molecule has 0 bridgehead atoms. The van der Waals surface area contributed by atoms with Gasteiger partial charge < -0.3 is 5.32 Å². The van der Waals surface area contributed by atoms with E-state index in [4.69, 9.17) is 34.8 Å². The van der Waals surface area contributed by atoms with Crippen LogP contribution in [0.25, 0.3) is 0 Å². The van der Waals surface area contributed by atoms with Gasteiger partial charge in [-0.05, 0) is 30.7 Å². The zero-order valence-corrected chi connectivity index (χ0v) is 14.8. The summed E-state index contributed by atoms with van der Waals surface area (Å²) in [7, 11) is 0. The molecule has 22 heavy (non-hydrogen) atoms. The second-order valence-corrected chi connectivity index (χ2v) is 6.79. The Kier molecular flexibility index (Phi) is 6.38. The van der Waals surface area contributed by atoms with Crippen LogP contribution in [0.4, 0.5) is 5.82 Å². The molecular weight excluding hydrogens is 363 g/mol. The summed E-state index contributed by atoms with van der Waals surface area (Å²) in [6.45, 7) is 1.75. The van der Waals surface area contributed by atoms with Gasteiger partial charge in [0, 0.05) is 10.8 Å². The Bertz CT molecular complexity index is 677. The second kappa shape index (κ2) is 8.06. The van der Waals surface area contributed by atoms with Crippen LogP contribution in [0.15, 0.2) is 30.3 Å². The molecule has 2 rings (SSSR count). The van der Waals surface area contributed by atoms with Crippen LogP contribution < -0.4 is 5.32 Å². The number of hydrogen-bond donors (Lipinski definition) is 1. The monoisotopic (exact) mass is 374 g/mol. The largest absolute Gasteiger partial charge is 0.309 e. The molecular formula is C15H13Cl3N2OS. The zero-order chi connectivity index (χ0) is 16.1. The van der Waals surface area contributed by atoms with Gasteiger partial charge in [0.2, 0.25) is 5.91 Å². The maximum Gasteiger partial charge on any atom is 0.235 e. The van der Waals surface area contributed by atoms with Crippen molar-refractivity contribution >= 4 is 58.3 Å². The molecule has 0 aliphatic carbocycles. The van der Waals surface area contributed by atoms with Crippen molar-refractivity contribution in [2.24, 2.45) is 0 Å². The molecule has 1 aromatic carbocycles. The SMILES string of the molecule is Cc1nc(NC(=O)CSCc2ccc(Cl)cc2)c(Cl)cc1Cl. The molecule has 1 amide bonds. The van der Waals surface area contributed by atoms with Crippen molar-refractivity contribution in [2.45, 2.75) is 12.7 Å². The highest BCUT2D eigenvalue weighted by Crippen LogP contribution is 2.25. The summed E-state index contributed by atoms with van der Waals surface area (Å²) in [4.78, 5) is 16.1. The predicted octanol–water partition coefficient (Wildman–Crippen LogP) is 5.22. The van der Waals surface area contributed by atoms with Gasteiger partial charge in [0.1, 0.15) is 0 Å². The number of rotatable bonds is 5. The third-order valence-electron chi connectivity index (χ3n) is 2.78. The van der Waals surface area contributed by atoms with Crippen LogP contribution in [-0.2, 0) is 10.5 Å². The van der Waals surface area contributed by atoms with E-state index in [0.29, 0.717) is 32.3 Å². The smallest absolute Gasteiger partial charge is 0.235 e. The molecule has 0 fully saturated rings. The molecule has 7 heteroatoms. The van der Waals surface area contributed by atoms with E-state index in [1.165, 1.54) is 11.8 Å². The van der Waals surface area contributed by atoms with Crippen LogP contribution in [0.3, 0.4) is 0 Å². The summed E-state index contributed by atoms with van der Waals surface area (Å²) in [5.41, 5.74) is 1.73. The average Bonchev–Trinajstić information content (AvgIpc) is 2.47. The minimum Gasteiger partial charge on any atom is -0.309 e. The molecule has 0 unspecified atom stereocenters. The molecule has 116 valence electrons. The molecule has 3 nitrogen and oxygen atoms in total. The van der Waals surface area contributed by atoms with Gasteiger partial charge in [-0.15, -0.1) is 11.8 Å². The molecule has 0 radical (unpaired) electrons. The zero-order valence-electron chi connectivity index (χ0n) is 11.7. The third kappa shape index (κ3) is 5.06. The fourth-order valence-electron chi connectivity index (χ4n) is 1.66. The van der Waals surface area contributed by atoms with Crippen molar-refractivity contribution in [3.05, 3.63) is 56.7 Å². The second-order valence-electron chi connectivity index (χ2n) is 4.55. The van der Waals surface area contributed by atoms with Crippen LogP contribution in [0.1, 0.15) is 11.3 Å². The lowest BCUT2D eigenvalue weighted by molar-refractivity contribution is -0.113. The Morgan fingerprint density at radius 1 is 1.18 bits per heavy atom. The quantitative estimate of drug-likeness (QED) is 0.778. The van der Waals surface area contributed by atoms with Gasteiger partial charge in [-0.25, -0.2) is 4.98 Å². The Morgan fingerprint density at radius 3 is 2.55 bits per heavy atom. The topological polar surface area (TPSA) is 42.0 Å². The Balaban J connectivity index is 1.85. The predicted molar refractivity (Wildman–Crippen MR) is 95.2 cm³/mol. The minimum atomic E-state index is -0.157. The van der Waals surface area contributed by atoms with Gasteiger partial charge in [0.05, 0.1) is 21.5 Å². The summed E-state index contributed by atoms with van der Waals surface area (Å²) in [6, 6.07) is 9.11. The number of nitrogens with one attached hydrogen (secondary N) is 1. The Labute approximate surface area is 148 Å². The lowest BCUT2D eigenvalue weighted by Crippen LogP contribution is -2.15. The molecule has 0 aliphatic heterocycles. The van der Waals surface area contributed by atoms with E-state index >= 15 is 0 Å². The number of thioether (sulfide) groups is 1. The van der Waals surface area contributed by atoms with Crippen molar-refractivity contribution < 1.29 is 4.79 Å². The van der Waals surface area contributed by atoms with E-state index in [2.05, 4.69) is 10.3 Å². The first-order valence-corrected chi connectivity index (χ1v) is 8.69. The molecule has 1 heterocycles. The van der Waals surface area contributed by atoms with Gasteiger partial charge in [-0.2, -0.15) is 0 Å². The van der Waals surface area contributed by atoms with Crippen LogP contribution >= 0.6 is 46.6 Å². The first-order chi connectivity index (χ1) is 10.5. The van der Waals surface area contributed by atoms with E-state index in [1.54, 1.807) is 13.0 Å². The summed E-state index contributed by atoms with van der Waals surface area (Å²) in [5, 5.41) is 4.19. The fraction of sp³-hybridized carbons (Fsp3) is 0.200. The molecule has 1 aromatic heterocycles. The van der Waals surface area contributed by atoms with Crippen molar-refractivity contribution in [2.75, 3.05) is 11.1 Å². The van der Waals surface area contributed by atoms with Gasteiger partial charge in [-0.1, -0.05) is 46.9 Å². The third-order valence-corrected chi connectivity index (χ3v) is 4.70. The van der Waals surface area contributed by atoms with Crippen molar-refractivity contribution in [1.82, 2.24) is 4.98 Å². The van der Waals surface area contributed by atoms with Gasteiger partial charge in [0.15, 0.2) is 5.82 Å². The van der Waals surface area contributed by atoms with Gasteiger partial charge in [0.25, 0.3) is 0 Å². The molecule has 0 saturated heterocycles. The first-order valence-electron chi connectivity index (χ1n) is 6.40. The molecule has 0 spiro atoms. The fourth-order valence-corrected chi connectivity index (χ4v) is 2.98. The van der Waals surface area contributed by atoms with E-state index < -0.39 is 0 Å². The highest BCUT2D eigenvalue weighted by molar-refractivity contribution is 7.99. The van der Waals surface area contributed by atoms with Crippen LogP contribution in [0, 0.1) is 6.92 Å². The highest BCUT2D eigenvalue weighted by Gasteiger charge is 2.10. The van der Waals surface area contributed by atoms with Crippen LogP contribution in [0.5, 0.6) is 0 Å². The number of nitrogens with zero attached hydrogens (tertiary/aromatic N) is 1. The standard InChI is InChI=1S/C15H13Cl3N2OS/c1-9-12(17)6-13(18)15(19-9)20-14(21)8-22-7-10-2-4-11(16)5-3-10/h2-6H,7-8H2,1H3,(H,19,20,21). The Hall–Kier alpha value is -0.940. The number of aromatic nitrogens is 1. The lowest BCUT2D eigenvalue weighted by Gasteiger charge is -2.08. The summed E-state index contributed by atoms with van der Waals surface area (Å²) < 4.78 is 0. The van der Waals surface area contributed by atoms with Crippen LogP contribution in [0.2, 0.25) is 15.1 Å². The number of aryl methyl sites for hydroxylation is 1. The summed E-state index contributed by atoms with van der Waals surface area (Å²) in [5.74, 6) is 1.21. The summed E-state index contributed by atoms with van der Waals surface area (Å²) >= 11 is 19.2. The molecule has 1 N–H and O–H groups in total. The Morgan fingerprint density at radius 2 is 1.86 bits per heavy atom. The van der Waals surface area contributed by atoms with E-state index in [1.807, 2.05) is 24.3 Å². The molecule has 0 atom stereocenters. The number of carbonyl (C=O) groups excluding carboxylic acids is 1. The van der Waals surface area contributed by atoms with Crippen molar-refractivity contribution in [3.8, 4) is 0 Å². The van der Waals surface area contributed by atoms with Crippen LogP contribution in [-0.4, -0.2) is 16.6 Å². The highest BCUT2D eigenvalue weighted by atomic mass is 35.5. The number of benzene rings is 1. The normalized spacial score (nSPS) is 10.5. The van der Waals surface area contributed by atoms with Gasteiger partial charge in [-0.3, -0.25) is 4.79 Å². The van der Waals surface area contributed by atoms with Crippen molar-refractivity contribution in [1.29, 1.82) is 0 Å². The minimum absolute atomic E-state index is 0.157. The van der Waals surface area contributed by atoms with Gasteiger partial charge >= 0.3 is 0 Å². The van der Waals surface area contributed by atoms with E-state index in [-0.39, 0.29) is 5.91 Å². The first kappa shape index (κ1) is 17.4. The number of carbonyl (C=O) groups is 1. The van der Waals surface area contributed by atoms with Crippen molar-refractivity contribution in [3.63, 3.8) is 0 Å². The lowest BCUT2D eigenvalue weighted by atomic mass is 10.2. The summed E-state index contributed by atoms with van der Waals surface area (Å²) in [6.07, 6.45) is 0. The number of pyridine rings is 1. The number of halogens is 3. The molecule has 0 saturated carbocycles.